The van der Waals surface area contributed by atoms with Crippen LogP contribution in [-0.2, 0) is 6.54 Å². The number of hydrogen-bond donors (Lipinski definition) is 2. The van der Waals surface area contributed by atoms with E-state index in [1.807, 2.05) is 25.1 Å². The summed E-state index contributed by atoms with van der Waals surface area (Å²) in [7, 11) is 1.67. The van der Waals surface area contributed by atoms with E-state index in [1.165, 1.54) is 0 Å². The second-order valence-corrected chi connectivity index (χ2v) is 5.38. The summed E-state index contributed by atoms with van der Waals surface area (Å²) in [6.07, 6.45) is 1.90. The normalized spacial score (nSPS) is 25.1. The summed E-state index contributed by atoms with van der Waals surface area (Å²) in [5, 5.41) is 10.1. The highest BCUT2D eigenvalue weighted by molar-refractivity contribution is 5.47. The Kier molecular flexibility index (Phi) is 3.78. The third-order valence-electron chi connectivity index (χ3n) is 3.45. The molecule has 1 aliphatic heterocycles. The molecule has 18 heavy (non-hydrogen) atoms. The molecule has 4 nitrogen and oxygen atoms in total. The van der Waals surface area contributed by atoms with Crippen LogP contribution in [0.5, 0.6) is 5.75 Å². The Labute approximate surface area is 108 Å². The van der Waals surface area contributed by atoms with Gasteiger partial charge in [0.25, 0.3) is 0 Å². The van der Waals surface area contributed by atoms with Crippen LogP contribution in [-0.4, -0.2) is 35.8 Å². The lowest BCUT2D eigenvalue weighted by Gasteiger charge is -2.37. The van der Waals surface area contributed by atoms with Gasteiger partial charge in [-0.3, -0.25) is 4.90 Å². The molecule has 0 saturated carbocycles. The van der Waals surface area contributed by atoms with Crippen molar-refractivity contribution >= 4 is 5.69 Å². The van der Waals surface area contributed by atoms with Gasteiger partial charge in [0.2, 0.25) is 0 Å². The van der Waals surface area contributed by atoms with Crippen molar-refractivity contribution in [3.63, 3.8) is 0 Å². The summed E-state index contributed by atoms with van der Waals surface area (Å²) in [4.78, 5) is 2.25. The highest BCUT2D eigenvalue weighted by Crippen LogP contribution is 2.26. The number of nitrogens with zero attached hydrogens (tertiary/aromatic N) is 1. The summed E-state index contributed by atoms with van der Waals surface area (Å²) in [5.74, 6) is 0.856. The molecule has 4 heteroatoms. The fourth-order valence-electron chi connectivity index (χ4n) is 2.62. The minimum atomic E-state index is -0.578. The van der Waals surface area contributed by atoms with Gasteiger partial charge in [0.1, 0.15) is 5.75 Å². The van der Waals surface area contributed by atoms with E-state index < -0.39 is 5.60 Å². The number of ether oxygens (including phenoxy) is 1. The second kappa shape index (κ2) is 5.16. The Balaban J connectivity index is 2.11. The van der Waals surface area contributed by atoms with E-state index in [2.05, 4.69) is 4.90 Å². The van der Waals surface area contributed by atoms with Crippen molar-refractivity contribution in [3.8, 4) is 5.75 Å². The average molecular weight is 250 g/mol. The van der Waals surface area contributed by atoms with E-state index in [4.69, 9.17) is 10.5 Å². The third-order valence-corrected chi connectivity index (χ3v) is 3.45. The molecule has 0 amide bonds. The number of benzene rings is 1. The molecule has 1 aromatic rings. The molecular formula is C14H22N2O2. The fourth-order valence-corrected chi connectivity index (χ4v) is 2.62. The molecule has 1 saturated heterocycles. The smallest absolute Gasteiger partial charge is 0.123 e. The van der Waals surface area contributed by atoms with Gasteiger partial charge in [0, 0.05) is 24.3 Å². The Morgan fingerprint density at radius 2 is 2.28 bits per heavy atom. The SMILES string of the molecule is COc1ccc(N)cc1CN1CCCC(C)(O)C1. The molecule has 1 atom stereocenters. The zero-order chi connectivity index (χ0) is 13.2. The number of methoxy groups -OCH3 is 1. The topological polar surface area (TPSA) is 58.7 Å². The number of nitrogens with two attached hydrogens (primary N) is 1. The molecule has 0 bridgehead atoms. The van der Waals surface area contributed by atoms with Gasteiger partial charge in [-0.15, -0.1) is 0 Å². The lowest BCUT2D eigenvalue weighted by Crippen LogP contribution is -2.45. The van der Waals surface area contributed by atoms with E-state index in [0.717, 1.165) is 42.9 Å². The van der Waals surface area contributed by atoms with Crippen LogP contribution in [0.2, 0.25) is 0 Å². The molecule has 100 valence electrons. The zero-order valence-corrected chi connectivity index (χ0v) is 11.1. The first-order chi connectivity index (χ1) is 8.50. The van der Waals surface area contributed by atoms with Gasteiger partial charge >= 0.3 is 0 Å². The number of hydrogen-bond acceptors (Lipinski definition) is 4. The molecule has 1 heterocycles. The quantitative estimate of drug-likeness (QED) is 0.800. The first kappa shape index (κ1) is 13.2. The largest absolute Gasteiger partial charge is 0.496 e. The van der Waals surface area contributed by atoms with E-state index in [-0.39, 0.29) is 0 Å². The van der Waals surface area contributed by atoms with Crippen molar-refractivity contribution in [3.05, 3.63) is 23.8 Å². The first-order valence-electron chi connectivity index (χ1n) is 6.37. The number of piperidine rings is 1. The molecule has 0 radical (unpaired) electrons. The Morgan fingerprint density at radius 3 is 2.94 bits per heavy atom. The summed E-state index contributed by atoms with van der Waals surface area (Å²) in [5.41, 5.74) is 7.06. The van der Waals surface area contributed by atoms with Gasteiger partial charge in [-0.1, -0.05) is 0 Å². The van der Waals surface area contributed by atoms with Crippen molar-refractivity contribution < 1.29 is 9.84 Å². The van der Waals surface area contributed by atoms with Gasteiger partial charge in [0.15, 0.2) is 0 Å². The van der Waals surface area contributed by atoms with Crippen molar-refractivity contribution in [2.75, 3.05) is 25.9 Å². The summed E-state index contributed by atoms with van der Waals surface area (Å²) < 4.78 is 5.35. The van der Waals surface area contributed by atoms with Crippen LogP contribution in [0.3, 0.4) is 0 Å². The summed E-state index contributed by atoms with van der Waals surface area (Å²) >= 11 is 0. The second-order valence-electron chi connectivity index (χ2n) is 5.38. The minimum absolute atomic E-state index is 0.578. The van der Waals surface area contributed by atoms with Crippen LogP contribution < -0.4 is 10.5 Å². The molecule has 1 aromatic carbocycles. The van der Waals surface area contributed by atoms with Crippen LogP contribution in [0.4, 0.5) is 5.69 Å². The maximum atomic E-state index is 10.1. The number of likely N-dealkylation sites (tertiary alicyclic amines) is 1. The van der Waals surface area contributed by atoms with Gasteiger partial charge in [-0.2, -0.15) is 0 Å². The maximum absolute atomic E-state index is 10.1. The standard InChI is InChI=1S/C14H22N2O2/c1-14(17)6-3-7-16(10-14)9-11-8-12(15)4-5-13(11)18-2/h4-5,8,17H,3,6-7,9-10,15H2,1-2H3. The molecule has 1 fully saturated rings. The predicted molar refractivity (Wildman–Crippen MR) is 72.5 cm³/mol. The lowest BCUT2D eigenvalue weighted by molar-refractivity contribution is -0.0183. The van der Waals surface area contributed by atoms with Crippen LogP contribution in [0, 0.1) is 0 Å². The monoisotopic (exact) mass is 250 g/mol. The van der Waals surface area contributed by atoms with Crippen LogP contribution in [0.15, 0.2) is 18.2 Å². The first-order valence-corrected chi connectivity index (χ1v) is 6.37. The van der Waals surface area contributed by atoms with Crippen LogP contribution in [0.1, 0.15) is 25.3 Å². The van der Waals surface area contributed by atoms with Crippen LogP contribution in [0.25, 0.3) is 0 Å². The molecule has 1 unspecified atom stereocenters. The molecule has 0 spiro atoms. The Morgan fingerprint density at radius 1 is 1.50 bits per heavy atom. The van der Waals surface area contributed by atoms with E-state index in [0.29, 0.717) is 6.54 Å². The van der Waals surface area contributed by atoms with Crippen molar-refractivity contribution in [1.82, 2.24) is 4.90 Å². The molecule has 0 aromatic heterocycles. The predicted octanol–water partition coefficient (Wildman–Crippen LogP) is 1.62. The van der Waals surface area contributed by atoms with E-state index in [9.17, 15) is 5.11 Å². The van der Waals surface area contributed by atoms with Gasteiger partial charge < -0.3 is 15.6 Å². The molecule has 1 aliphatic rings. The number of rotatable bonds is 3. The van der Waals surface area contributed by atoms with Crippen molar-refractivity contribution in [2.24, 2.45) is 0 Å². The van der Waals surface area contributed by atoms with Crippen molar-refractivity contribution in [1.29, 1.82) is 0 Å². The Bertz CT molecular complexity index is 418. The minimum Gasteiger partial charge on any atom is -0.496 e. The number of β-amino-alcohol motifs (C(OH)–C–C–N with tert-alkyl or cyclic N) is 1. The average Bonchev–Trinajstić information content (AvgIpc) is 2.28. The summed E-state index contributed by atoms with van der Waals surface area (Å²) in [6, 6.07) is 5.68. The summed E-state index contributed by atoms with van der Waals surface area (Å²) in [6.45, 7) is 4.37. The molecule has 0 aliphatic carbocycles. The van der Waals surface area contributed by atoms with Crippen LogP contribution >= 0.6 is 0 Å². The van der Waals surface area contributed by atoms with Gasteiger partial charge in [-0.05, 0) is 44.5 Å². The molecule has 2 rings (SSSR count). The van der Waals surface area contributed by atoms with Gasteiger partial charge in [0.05, 0.1) is 12.7 Å². The number of anilines is 1. The fraction of sp³-hybridized carbons (Fsp3) is 0.571. The zero-order valence-electron chi connectivity index (χ0n) is 11.1. The van der Waals surface area contributed by atoms with E-state index >= 15 is 0 Å². The highest BCUT2D eigenvalue weighted by Gasteiger charge is 2.28. The molecule has 3 N–H and O–H groups in total. The highest BCUT2D eigenvalue weighted by atomic mass is 16.5. The lowest BCUT2D eigenvalue weighted by atomic mass is 9.95. The van der Waals surface area contributed by atoms with Gasteiger partial charge in [-0.25, -0.2) is 0 Å². The number of nitrogen functional groups attached to an aromatic ring is 1. The maximum Gasteiger partial charge on any atom is 0.123 e. The number of aliphatic hydroxyl groups is 1. The van der Waals surface area contributed by atoms with Crippen molar-refractivity contribution in [2.45, 2.75) is 31.9 Å². The molecular weight excluding hydrogens is 228 g/mol. The Hall–Kier alpha value is -1.26. The third kappa shape index (κ3) is 3.15. The van der Waals surface area contributed by atoms with E-state index in [1.54, 1.807) is 7.11 Å².